The first-order valence-corrected chi connectivity index (χ1v) is 8.22. The van der Waals surface area contributed by atoms with E-state index in [-0.39, 0.29) is 12.8 Å². The smallest absolute Gasteiger partial charge is 0.315 e. The van der Waals surface area contributed by atoms with Gasteiger partial charge < -0.3 is 25.2 Å². The van der Waals surface area contributed by atoms with Crippen molar-refractivity contribution < 1.29 is 19.4 Å². The molecule has 1 aromatic heterocycles. The highest BCUT2D eigenvalue weighted by atomic mass is 32.1. The lowest BCUT2D eigenvalue weighted by Crippen LogP contribution is -2.35. The van der Waals surface area contributed by atoms with Crippen molar-refractivity contribution >= 4 is 17.4 Å². The number of aliphatic hydroxyl groups excluding tert-OH is 1. The van der Waals surface area contributed by atoms with Crippen molar-refractivity contribution in [2.45, 2.75) is 19.1 Å². The first-order valence-electron chi connectivity index (χ1n) is 7.34. The SMILES string of the molecule is O=C(NCCC(O)c1ccc2c(c1)OCO2)NCc1cccs1. The number of benzene rings is 1. The maximum absolute atomic E-state index is 11.7. The Morgan fingerprint density at radius 1 is 1.26 bits per heavy atom. The molecule has 2 aromatic rings. The molecule has 3 rings (SSSR count). The van der Waals surface area contributed by atoms with Gasteiger partial charge in [0.25, 0.3) is 0 Å². The number of hydrogen-bond acceptors (Lipinski definition) is 5. The fourth-order valence-corrected chi connectivity index (χ4v) is 2.90. The summed E-state index contributed by atoms with van der Waals surface area (Å²) in [7, 11) is 0. The summed E-state index contributed by atoms with van der Waals surface area (Å²) in [4.78, 5) is 12.8. The number of nitrogens with one attached hydrogen (secondary N) is 2. The van der Waals surface area contributed by atoms with Crippen LogP contribution in [0.4, 0.5) is 4.79 Å². The molecule has 0 spiro atoms. The molecule has 23 heavy (non-hydrogen) atoms. The van der Waals surface area contributed by atoms with Gasteiger partial charge in [0.1, 0.15) is 0 Å². The van der Waals surface area contributed by atoms with Crippen LogP contribution in [0.15, 0.2) is 35.7 Å². The number of aliphatic hydroxyl groups is 1. The van der Waals surface area contributed by atoms with Gasteiger partial charge in [-0.25, -0.2) is 4.79 Å². The third-order valence-electron chi connectivity index (χ3n) is 3.49. The second-order valence-electron chi connectivity index (χ2n) is 5.11. The van der Waals surface area contributed by atoms with Crippen molar-refractivity contribution in [2.24, 2.45) is 0 Å². The second-order valence-corrected chi connectivity index (χ2v) is 6.14. The minimum Gasteiger partial charge on any atom is -0.454 e. The Morgan fingerprint density at radius 3 is 2.96 bits per heavy atom. The molecule has 1 aliphatic heterocycles. The lowest BCUT2D eigenvalue weighted by Gasteiger charge is -2.12. The summed E-state index contributed by atoms with van der Waals surface area (Å²) >= 11 is 1.60. The molecule has 1 unspecified atom stereocenters. The predicted molar refractivity (Wildman–Crippen MR) is 86.7 cm³/mol. The van der Waals surface area contributed by atoms with Crippen LogP contribution in [0.5, 0.6) is 11.5 Å². The zero-order valence-corrected chi connectivity index (χ0v) is 13.3. The van der Waals surface area contributed by atoms with Crippen LogP contribution < -0.4 is 20.1 Å². The average Bonchev–Trinajstić information content (AvgIpc) is 3.23. The number of carbonyl (C=O) groups is 1. The van der Waals surface area contributed by atoms with Crippen LogP contribution in [0.25, 0.3) is 0 Å². The van der Waals surface area contributed by atoms with E-state index in [9.17, 15) is 9.90 Å². The van der Waals surface area contributed by atoms with Crippen LogP contribution >= 0.6 is 11.3 Å². The van der Waals surface area contributed by atoms with Crippen LogP contribution in [-0.4, -0.2) is 24.5 Å². The lowest BCUT2D eigenvalue weighted by molar-refractivity contribution is 0.165. The molecule has 2 amide bonds. The molecule has 0 saturated heterocycles. The van der Waals surface area contributed by atoms with E-state index < -0.39 is 6.10 Å². The van der Waals surface area contributed by atoms with E-state index in [1.54, 1.807) is 29.5 Å². The molecule has 0 saturated carbocycles. The molecule has 1 atom stereocenters. The van der Waals surface area contributed by atoms with Crippen LogP contribution in [0.1, 0.15) is 23.0 Å². The van der Waals surface area contributed by atoms with Gasteiger partial charge in [-0.05, 0) is 35.6 Å². The molecule has 0 bridgehead atoms. The Bertz CT molecular complexity index is 660. The molecule has 1 aromatic carbocycles. The third-order valence-corrected chi connectivity index (χ3v) is 4.36. The molecule has 0 fully saturated rings. The highest BCUT2D eigenvalue weighted by Gasteiger charge is 2.16. The molecule has 0 aliphatic carbocycles. The summed E-state index contributed by atoms with van der Waals surface area (Å²) in [5.74, 6) is 1.33. The zero-order chi connectivity index (χ0) is 16.1. The highest BCUT2D eigenvalue weighted by molar-refractivity contribution is 7.09. The van der Waals surface area contributed by atoms with Crippen LogP contribution in [-0.2, 0) is 6.54 Å². The zero-order valence-electron chi connectivity index (χ0n) is 12.5. The van der Waals surface area contributed by atoms with Crippen molar-refractivity contribution in [1.82, 2.24) is 10.6 Å². The molecule has 3 N–H and O–H groups in total. The molecule has 0 radical (unpaired) electrons. The van der Waals surface area contributed by atoms with Crippen molar-refractivity contribution in [2.75, 3.05) is 13.3 Å². The maximum atomic E-state index is 11.7. The first kappa shape index (κ1) is 15.6. The Hall–Kier alpha value is -2.25. The van der Waals surface area contributed by atoms with Gasteiger partial charge in [0, 0.05) is 11.4 Å². The van der Waals surface area contributed by atoms with E-state index in [4.69, 9.17) is 9.47 Å². The van der Waals surface area contributed by atoms with Gasteiger partial charge in [-0.1, -0.05) is 12.1 Å². The van der Waals surface area contributed by atoms with Gasteiger partial charge in [0.15, 0.2) is 11.5 Å². The largest absolute Gasteiger partial charge is 0.454 e. The Kier molecular flexibility index (Phi) is 4.99. The standard InChI is InChI=1S/C16H18N2O4S/c19-13(11-3-4-14-15(8-11)22-10-21-14)5-6-17-16(20)18-9-12-2-1-7-23-12/h1-4,7-8,13,19H,5-6,9-10H2,(H2,17,18,20). The quantitative estimate of drug-likeness (QED) is 0.758. The number of urea groups is 1. The van der Waals surface area contributed by atoms with Crippen LogP contribution in [0.2, 0.25) is 0 Å². The number of fused-ring (bicyclic) bond motifs is 1. The summed E-state index contributed by atoms with van der Waals surface area (Å²) in [6.07, 6.45) is -0.242. The maximum Gasteiger partial charge on any atom is 0.315 e. The van der Waals surface area contributed by atoms with Gasteiger partial charge in [-0.15, -0.1) is 11.3 Å². The van der Waals surface area contributed by atoms with E-state index in [1.165, 1.54) is 0 Å². The molecule has 2 heterocycles. The summed E-state index contributed by atoms with van der Waals surface area (Å²) in [5, 5.41) is 17.7. The Labute approximate surface area is 138 Å². The van der Waals surface area contributed by atoms with E-state index >= 15 is 0 Å². The number of hydrogen-bond donors (Lipinski definition) is 3. The molecule has 6 nitrogen and oxygen atoms in total. The van der Waals surface area contributed by atoms with Gasteiger partial charge >= 0.3 is 6.03 Å². The van der Waals surface area contributed by atoms with Gasteiger partial charge in [0.2, 0.25) is 6.79 Å². The molecular weight excluding hydrogens is 316 g/mol. The Balaban J connectivity index is 1.40. The minimum absolute atomic E-state index is 0.209. The third kappa shape index (κ3) is 4.14. The fraction of sp³-hybridized carbons (Fsp3) is 0.312. The van der Waals surface area contributed by atoms with Crippen molar-refractivity contribution in [3.05, 3.63) is 46.2 Å². The van der Waals surface area contributed by atoms with E-state index in [0.29, 0.717) is 31.0 Å². The molecule has 122 valence electrons. The minimum atomic E-state index is -0.665. The topological polar surface area (TPSA) is 79.8 Å². The molecular formula is C16H18N2O4S. The first-order chi connectivity index (χ1) is 11.2. The fourth-order valence-electron chi connectivity index (χ4n) is 2.25. The van der Waals surface area contributed by atoms with Crippen LogP contribution in [0, 0.1) is 0 Å². The lowest BCUT2D eigenvalue weighted by atomic mass is 10.1. The van der Waals surface area contributed by atoms with Gasteiger partial charge in [-0.2, -0.15) is 0 Å². The highest BCUT2D eigenvalue weighted by Crippen LogP contribution is 2.34. The van der Waals surface area contributed by atoms with Crippen molar-refractivity contribution in [3.8, 4) is 11.5 Å². The van der Waals surface area contributed by atoms with Crippen molar-refractivity contribution in [3.63, 3.8) is 0 Å². The predicted octanol–water partition coefficient (Wildman–Crippen LogP) is 2.40. The van der Waals surface area contributed by atoms with Gasteiger partial charge in [-0.3, -0.25) is 0 Å². The number of rotatable bonds is 6. The molecule has 1 aliphatic rings. The van der Waals surface area contributed by atoms with E-state index in [1.807, 2.05) is 17.5 Å². The number of carbonyl (C=O) groups excluding carboxylic acids is 1. The van der Waals surface area contributed by atoms with Crippen molar-refractivity contribution in [1.29, 1.82) is 0 Å². The number of amides is 2. The second kappa shape index (κ2) is 7.34. The van der Waals surface area contributed by atoms with E-state index in [0.717, 1.165) is 10.4 Å². The number of thiophene rings is 1. The monoisotopic (exact) mass is 334 g/mol. The average molecular weight is 334 g/mol. The summed E-state index contributed by atoms with van der Waals surface area (Å²) in [5.41, 5.74) is 0.745. The Morgan fingerprint density at radius 2 is 2.13 bits per heavy atom. The normalized spacial score (nSPS) is 13.6. The summed E-state index contributed by atoms with van der Waals surface area (Å²) < 4.78 is 10.5. The number of ether oxygens (including phenoxy) is 2. The van der Waals surface area contributed by atoms with Gasteiger partial charge in [0.05, 0.1) is 12.6 Å². The molecule has 7 heteroatoms. The summed E-state index contributed by atoms with van der Waals surface area (Å²) in [6, 6.07) is 9.02. The van der Waals surface area contributed by atoms with Crippen LogP contribution in [0.3, 0.4) is 0 Å². The summed E-state index contributed by atoms with van der Waals surface area (Å²) in [6.45, 7) is 1.10. The van der Waals surface area contributed by atoms with E-state index in [2.05, 4.69) is 10.6 Å².